The van der Waals surface area contributed by atoms with Gasteiger partial charge in [0.1, 0.15) is 11.1 Å². The van der Waals surface area contributed by atoms with Gasteiger partial charge in [0.25, 0.3) is 0 Å². The summed E-state index contributed by atoms with van der Waals surface area (Å²) in [6.45, 7) is 0. The molecule has 6 heteroatoms. The highest BCUT2D eigenvalue weighted by Gasteiger charge is 2.12. The summed E-state index contributed by atoms with van der Waals surface area (Å²) in [5, 5.41) is 3.31. The fraction of sp³-hybridized carbons (Fsp3) is 0. The number of carbonyl (C=O) groups excluding carboxylic acids is 1. The smallest absolute Gasteiger partial charge is 0.349 e. The monoisotopic (exact) mass is 238 g/mol. The van der Waals surface area contributed by atoms with Gasteiger partial charge in [-0.2, -0.15) is 0 Å². The summed E-state index contributed by atoms with van der Waals surface area (Å²) in [6.07, 6.45) is 0. The van der Waals surface area contributed by atoms with Crippen LogP contribution in [-0.2, 0) is 0 Å². The molecule has 2 aromatic rings. The minimum Gasteiger partial charge on any atom is -0.422 e. The molecule has 0 aliphatic heterocycles. The van der Waals surface area contributed by atoms with Crippen LogP contribution in [0, 0.1) is 5.53 Å². The standard InChI is InChI=1S/C10H6N2O3.ClH/c11-12-9(13)7-5-6-3-1-2-4-8(6)15-10(7)14;/h1-5,11H;1H. The molecule has 0 spiro atoms. The topological polar surface area (TPSA) is 83.5 Å². The van der Waals surface area contributed by atoms with Crippen molar-refractivity contribution in [3.63, 3.8) is 0 Å². The molecule has 1 aromatic heterocycles. The third-order valence-corrected chi connectivity index (χ3v) is 1.97. The van der Waals surface area contributed by atoms with Crippen molar-refractivity contribution in [3.05, 3.63) is 46.3 Å². The quantitative estimate of drug-likeness (QED) is 0.612. The number of carbonyl (C=O) groups is 1. The maximum absolute atomic E-state index is 11.3. The van der Waals surface area contributed by atoms with Crippen LogP contribution in [0.2, 0.25) is 0 Å². The van der Waals surface area contributed by atoms with E-state index in [1.54, 1.807) is 24.3 Å². The van der Waals surface area contributed by atoms with Gasteiger partial charge >= 0.3 is 11.5 Å². The largest absolute Gasteiger partial charge is 0.422 e. The van der Waals surface area contributed by atoms with E-state index in [4.69, 9.17) is 9.95 Å². The molecule has 1 amide bonds. The Kier molecular flexibility index (Phi) is 3.52. The van der Waals surface area contributed by atoms with E-state index in [0.717, 1.165) is 0 Å². The van der Waals surface area contributed by atoms with Crippen LogP contribution in [0.1, 0.15) is 10.4 Å². The Morgan fingerprint density at radius 1 is 1.31 bits per heavy atom. The Morgan fingerprint density at radius 2 is 2.00 bits per heavy atom. The van der Waals surface area contributed by atoms with E-state index in [0.29, 0.717) is 11.0 Å². The molecule has 0 aliphatic rings. The first-order chi connectivity index (χ1) is 7.22. The summed E-state index contributed by atoms with van der Waals surface area (Å²) in [5.41, 5.74) is 5.96. The molecule has 0 radical (unpaired) electrons. The van der Waals surface area contributed by atoms with E-state index in [1.807, 2.05) is 0 Å². The minimum absolute atomic E-state index is 0. The number of nitrogens with zero attached hydrogens (tertiary/aromatic N) is 1. The van der Waals surface area contributed by atoms with Gasteiger partial charge in [0.15, 0.2) is 0 Å². The van der Waals surface area contributed by atoms with Crippen molar-refractivity contribution < 1.29 is 9.21 Å². The molecule has 0 bridgehead atoms. The summed E-state index contributed by atoms with van der Waals surface area (Å²) in [6, 6.07) is 8.19. The third-order valence-electron chi connectivity index (χ3n) is 1.97. The Morgan fingerprint density at radius 3 is 2.69 bits per heavy atom. The average molecular weight is 239 g/mol. The normalized spacial score (nSPS) is 9.50. The van der Waals surface area contributed by atoms with Crippen LogP contribution in [0.25, 0.3) is 11.0 Å². The van der Waals surface area contributed by atoms with Gasteiger partial charge in [0, 0.05) is 5.39 Å². The number of halogens is 1. The summed E-state index contributed by atoms with van der Waals surface area (Å²) in [4.78, 5) is 22.4. The van der Waals surface area contributed by atoms with Crippen molar-refractivity contribution in [1.29, 1.82) is 5.53 Å². The molecule has 0 aliphatic carbocycles. The molecule has 2 rings (SSSR count). The van der Waals surface area contributed by atoms with Crippen LogP contribution in [0.3, 0.4) is 0 Å². The second-order valence-corrected chi connectivity index (χ2v) is 2.90. The van der Waals surface area contributed by atoms with E-state index in [-0.39, 0.29) is 18.0 Å². The highest BCUT2D eigenvalue weighted by molar-refractivity contribution is 5.96. The zero-order valence-electron chi connectivity index (χ0n) is 7.97. The number of fused-ring (bicyclic) bond motifs is 1. The molecule has 1 heterocycles. The van der Waals surface area contributed by atoms with Gasteiger partial charge in [0.05, 0.1) is 0 Å². The van der Waals surface area contributed by atoms with Crippen molar-refractivity contribution in [3.8, 4) is 0 Å². The van der Waals surface area contributed by atoms with Crippen molar-refractivity contribution >= 4 is 29.3 Å². The van der Waals surface area contributed by atoms with Crippen LogP contribution < -0.4 is 5.63 Å². The maximum atomic E-state index is 11.3. The predicted octanol–water partition coefficient (Wildman–Crippen LogP) is 2.39. The maximum Gasteiger partial charge on any atom is 0.349 e. The molecular formula is C10H7ClN2O3. The van der Waals surface area contributed by atoms with Crippen LogP contribution in [-0.4, -0.2) is 5.91 Å². The SMILES string of the molecule is Cl.N=NC(=O)c1cc2ccccc2oc1=O. The Balaban J connectivity index is 0.00000128. The van der Waals surface area contributed by atoms with Gasteiger partial charge < -0.3 is 4.42 Å². The van der Waals surface area contributed by atoms with Crippen molar-refractivity contribution in [2.45, 2.75) is 0 Å². The Bertz CT molecular complexity index is 606. The number of rotatable bonds is 1. The molecular weight excluding hydrogens is 232 g/mol. The first-order valence-corrected chi connectivity index (χ1v) is 4.17. The Labute approximate surface area is 96.0 Å². The van der Waals surface area contributed by atoms with Gasteiger partial charge in [-0.15, -0.1) is 17.5 Å². The molecule has 0 saturated heterocycles. The summed E-state index contributed by atoms with van der Waals surface area (Å²) < 4.78 is 4.90. The van der Waals surface area contributed by atoms with E-state index >= 15 is 0 Å². The lowest BCUT2D eigenvalue weighted by Crippen LogP contribution is -2.11. The van der Waals surface area contributed by atoms with Crippen molar-refractivity contribution in [2.75, 3.05) is 0 Å². The molecule has 82 valence electrons. The molecule has 1 N–H and O–H groups in total. The van der Waals surface area contributed by atoms with E-state index < -0.39 is 11.5 Å². The summed E-state index contributed by atoms with van der Waals surface area (Å²) in [7, 11) is 0. The average Bonchev–Trinajstić information content (AvgIpc) is 2.27. The zero-order chi connectivity index (χ0) is 10.8. The highest BCUT2D eigenvalue weighted by atomic mass is 35.5. The van der Waals surface area contributed by atoms with Gasteiger partial charge in [-0.3, -0.25) is 4.79 Å². The van der Waals surface area contributed by atoms with E-state index in [1.165, 1.54) is 6.07 Å². The first-order valence-electron chi connectivity index (χ1n) is 4.17. The van der Waals surface area contributed by atoms with Gasteiger partial charge in [-0.25, -0.2) is 10.3 Å². The fourth-order valence-corrected chi connectivity index (χ4v) is 1.27. The molecule has 1 aromatic carbocycles. The second-order valence-electron chi connectivity index (χ2n) is 2.90. The lowest BCUT2D eigenvalue weighted by Gasteiger charge is -1.96. The van der Waals surface area contributed by atoms with E-state index in [9.17, 15) is 9.59 Å². The molecule has 5 nitrogen and oxygen atoms in total. The lowest BCUT2D eigenvalue weighted by molar-refractivity contribution is 0.0987. The second kappa shape index (κ2) is 4.67. The number of nitrogens with one attached hydrogen (secondary N) is 1. The molecule has 0 unspecified atom stereocenters. The number of para-hydroxylation sites is 1. The van der Waals surface area contributed by atoms with E-state index in [2.05, 4.69) is 5.11 Å². The Hall–Kier alpha value is -2.01. The van der Waals surface area contributed by atoms with Crippen LogP contribution in [0.4, 0.5) is 0 Å². The molecule has 0 saturated carbocycles. The number of benzene rings is 1. The summed E-state index contributed by atoms with van der Waals surface area (Å²) in [5.74, 6) is -0.894. The highest BCUT2D eigenvalue weighted by Crippen LogP contribution is 2.12. The third kappa shape index (κ3) is 1.99. The molecule has 0 atom stereocenters. The van der Waals surface area contributed by atoms with Crippen molar-refractivity contribution in [2.24, 2.45) is 5.11 Å². The van der Waals surface area contributed by atoms with Crippen molar-refractivity contribution in [1.82, 2.24) is 0 Å². The van der Waals surface area contributed by atoms with Gasteiger partial charge in [-0.1, -0.05) is 18.2 Å². The first kappa shape index (κ1) is 12.1. The minimum atomic E-state index is -0.894. The number of amides is 1. The predicted molar refractivity (Wildman–Crippen MR) is 59.2 cm³/mol. The van der Waals surface area contributed by atoms with Crippen LogP contribution in [0.15, 0.2) is 44.7 Å². The number of hydrogen-bond acceptors (Lipinski definition) is 4. The fourth-order valence-electron chi connectivity index (χ4n) is 1.27. The summed E-state index contributed by atoms with van der Waals surface area (Å²) >= 11 is 0. The molecule has 0 fully saturated rings. The molecule has 16 heavy (non-hydrogen) atoms. The lowest BCUT2D eigenvalue weighted by atomic mass is 10.2. The number of hydrogen-bond donors (Lipinski definition) is 1. The van der Waals surface area contributed by atoms with Crippen LogP contribution >= 0.6 is 12.4 Å². The van der Waals surface area contributed by atoms with Gasteiger partial charge in [-0.05, 0) is 12.1 Å². The van der Waals surface area contributed by atoms with Crippen LogP contribution in [0.5, 0.6) is 0 Å². The zero-order valence-corrected chi connectivity index (χ0v) is 8.78. The van der Waals surface area contributed by atoms with Gasteiger partial charge in [0.2, 0.25) is 0 Å².